The van der Waals surface area contributed by atoms with Gasteiger partial charge >= 0.3 is 5.97 Å². The van der Waals surface area contributed by atoms with Crippen LogP contribution in [0.3, 0.4) is 0 Å². The van der Waals surface area contributed by atoms with Crippen LogP contribution in [-0.4, -0.2) is 34.1 Å². The molecule has 2 saturated carbocycles. The lowest BCUT2D eigenvalue weighted by atomic mass is 9.84. The van der Waals surface area contributed by atoms with Crippen molar-refractivity contribution >= 4 is 5.97 Å². The Hall–Kier alpha value is -0.570. The van der Waals surface area contributed by atoms with E-state index in [2.05, 4.69) is 11.8 Å². The highest BCUT2D eigenvalue weighted by molar-refractivity contribution is 5.70. The number of likely N-dealkylation sites (tertiary alicyclic amines) is 1. The summed E-state index contributed by atoms with van der Waals surface area (Å²) in [5, 5.41) is 9.15. The molecule has 0 aromatic carbocycles. The molecule has 1 aliphatic heterocycles. The van der Waals surface area contributed by atoms with Crippen molar-refractivity contribution in [2.75, 3.05) is 0 Å². The molecule has 0 aromatic heterocycles. The summed E-state index contributed by atoms with van der Waals surface area (Å²) >= 11 is 0. The maximum Gasteiger partial charge on any atom is 0.306 e. The summed E-state index contributed by atoms with van der Waals surface area (Å²) in [6.07, 6.45) is 12.4. The number of hydrogen-bond donors (Lipinski definition) is 1. The third-order valence-corrected chi connectivity index (χ3v) is 6.12. The van der Waals surface area contributed by atoms with Gasteiger partial charge in [0.15, 0.2) is 0 Å². The largest absolute Gasteiger partial charge is 0.481 e. The van der Waals surface area contributed by atoms with Crippen molar-refractivity contribution in [1.29, 1.82) is 0 Å². The van der Waals surface area contributed by atoms with Crippen molar-refractivity contribution in [1.82, 2.24) is 4.90 Å². The van der Waals surface area contributed by atoms with Crippen LogP contribution in [0.4, 0.5) is 0 Å². The van der Waals surface area contributed by atoms with E-state index in [4.69, 9.17) is 5.11 Å². The van der Waals surface area contributed by atoms with Gasteiger partial charge in [0.2, 0.25) is 0 Å². The van der Waals surface area contributed by atoms with E-state index in [1.54, 1.807) is 0 Å². The molecular formula is C17H29NO2. The molecule has 0 aromatic rings. The van der Waals surface area contributed by atoms with E-state index in [1.165, 1.54) is 38.5 Å². The fourth-order valence-electron chi connectivity index (χ4n) is 5.17. The second-order valence-corrected chi connectivity index (χ2v) is 7.34. The molecule has 3 unspecified atom stereocenters. The normalized spacial score (nSPS) is 43.0. The van der Waals surface area contributed by atoms with E-state index >= 15 is 0 Å². The van der Waals surface area contributed by atoms with Gasteiger partial charge in [-0.1, -0.05) is 19.3 Å². The molecule has 3 heteroatoms. The molecule has 3 aliphatic rings. The summed E-state index contributed by atoms with van der Waals surface area (Å²) in [4.78, 5) is 13.9. The van der Waals surface area contributed by atoms with Gasteiger partial charge in [0, 0.05) is 18.1 Å². The van der Waals surface area contributed by atoms with E-state index in [1.807, 2.05) is 0 Å². The summed E-state index contributed by atoms with van der Waals surface area (Å²) in [6, 6.07) is 2.18. The highest BCUT2D eigenvalue weighted by atomic mass is 16.4. The summed E-state index contributed by atoms with van der Waals surface area (Å²) in [5.41, 5.74) is 0. The zero-order valence-corrected chi connectivity index (χ0v) is 12.8. The molecule has 0 radical (unpaired) electrons. The Morgan fingerprint density at radius 2 is 1.70 bits per heavy atom. The second kappa shape index (κ2) is 6.05. The molecule has 3 rings (SSSR count). The van der Waals surface area contributed by atoms with E-state index in [-0.39, 0.29) is 5.92 Å². The SMILES string of the molecule is CC1CC2CCCCCC2N1C1CCC(C(=O)O)CC1. The topological polar surface area (TPSA) is 40.5 Å². The summed E-state index contributed by atoms with van der Waals surface area (Å²) < 4.78 is 0. The number of aliphatic carboxylic acids is 1. The molecule has 114 valence electrons. The summed E-state index contributed by atoms with van der Waals surface area (Å²) in [5.74, 6) is 0.268. The van der Waals surface area contributed by atoms with Gasteiger partial charge < -0.3 is 5.11 Å². The third-order valence-electron chi connectivity index (χ3n) is 6.12. The van der Waals surface area contributed by atoms with Crippen molar-refractivity contribution < 1.29 is 9.90 Å². The molecule has 3 atom stereocenters. The van der Waals surface area contributed by atoms with Crippen LogP contribution in [-0.2, 0) is 4.79 Å². The Morgan fingerprint density at radius 3 is 2.40 bits per heavy atom. The molecule has 0 amide bonds. The molecular weight excluding hydrogens is 250 g/mol. The number of rotatable bonds is 2. The van der Waals surface area contributed by atoms with Crippen LogP contribution in [0, 0.1) is 11.8 Å². The van der Waals surface area contributed by atoms with Crippen LogP contribution >= 0.6 is 0 Å². The lowest BCUT2D eigenvalue weighted by Crippen LogP contribution is -2.46. The number of nitrogens with zero attached hydrogens (tertiary/aromatic N) is 1. The molecule has 20 heavy (non-hydrogen) atoms. The van der Waals surface area contributed by atoms with Crippen LogP contribution < -0.4 is 0 Å². The number of carbonyl (C=O) groups is 1. The first kappa shape index (κ1) is 14.4. The fourth-order valence-corrected chi connectivity index (χ4v) is 5.17. The van der Waals surface area contributed by atoms with Crippen molar-refractivity contribution in [2.24, 2.45) is 11.8 Å². The highest BCUT2D eigenvalue weighted by Gasteiger charge is 2.43. The van der Waals surface area contributed by atoms with Crippen molar-refractivity contribution in [3.8, 4) is 0 Å². The zero-order valence-electron chi connectivity index (χ0n) is 12.8. The molecule has 3 nitrogen and oxygen atoms in total. The fraction of sp³-hybridized carbons (Fsp3) is 0.941. The first-order valence-electron chi connectivity index (χ1n) is 8.67. The van der Waals surface area contributed by atoms with Gasteiger partial charge in [-0.05, 0) is 57.8 Å². The van der Waals surface area contributed by atoms with Crippen LogP contribution in [0.25, 0.3) is 0 Å². The maximum absolute atomic E-state index is 11.1. The molecule has 1 saturated heterocycles. The second-order valence-electron chi connectivity index (χ2n) is 7.34. The van der Waals surface area contributed by atoms with Gasteiger partial charge in [0.1, 0.15) is 0 Å². The van der Waals surface area contributed by atoms with Gasteiger partial charge in [-0.2, -0.15) is 0 Å². The van der Waals surface area contributed by atoms with Crippen LogP contribution in [0.5, 0.6) is 0 Å². The van der Waals surface area contributed by atoms with E-state index < -0.39 is 5.97 Å². The van der Waals surface area contributed by atoms with E-state index in [0.29, 0.717) is 6.04 Å². The first-order chi connectivity index (χ1) is 9.66. The van der Waals surface area contributed by atoms with Crippen molar-refractivity contribution in [2.45, 2.75) is 89.3 Å². The van der Waals surface area contributed by atoms with Gasteiger partial charge in [-0.15, -0.1) is 0 Å². The van der Waals surface area contributed by atoms with Gasteiger partial charge in [0.25, 0.3) is 0 Å². The van der Waals surface area contributed by atoms with E-state index in [0.717, 1.165) is 43.7 Å². The number of carboxylic acid groups (broad SMARTS) is 1. The minimum atomic E-state index is -0.578. The molecule has 1 N–H and O–H groups in total. The van der Waals surface area contributed by atoms with Crippen LogP contribution in [0.15, 0.2) is 0 Å². The smallest absolute Gasteiger partial charge is 0.306 e. The lowest BCUT2D eigenvalue weighted by Gasteiger charge is -2.40. The molecule has 0 bridgehead atoms. The average Bonchev–Trinajstić information content (AvgIpc) is 2.60. The Labute approximate surface area is 122 Å². The molecule has 2 aliphatic carbocycles. The summed E-state index contributed by atoms with van der Waals surface area (Å²) in [7, 11) is 0. The lowest BCUT2D eigenvalue weighted by molar-refractivity contribution is -0.143. The van der Waals surface area contributed by atoms with E-state index in [9.17, 15) is 4.79 Å². The Kier molecular flexibility index (Phi) is 4.34. The quantitative estimate of drug-likeness (QED) is 0.838. The first-order valence-corrected chi connectivity index (χ1v) is 8.67. The van der Waals surface area contributed by atoms with Crippen LogP contribution in [0.2, 0.25) is 0 Å². The van der Waals surface area contributed by atoms with Crippen molar-refractivity contribution in [3.05, 3.63) is 0 Å². The Balaban J connectivity index is 1.65. The maximum atomic E-state index is 11.1. The van der Waals surface area contributed by atoms with Gasteiger partial charge in [-0.3, -0.25) is 9.69 Å². The molecule has 0 spiro atoms. The minimum absolute atomic E-state index is 0.0749. The Morgan fingerprint density at radius 1 is 1.00 bits per heavy atom. The Bertz CT molecular complexity index is 349. The zero-order chi connectivity index (χ0) is 14.1. The van der Waals surface area contributed by atoms with Gasteiger partial charge in [-0.25, -0.2) is 0 Å². The number of hydrogen-bond acceptors (Lipinski definition) is 2. The van der Waals surface area contributed by atoms with Crippen LogP contribution in [0.1, 0.15) is 71.1 Å². The number of fused-ring (bicyclic) bond motifs is 1. The average molecular weight is 279 g/mol. The predicted octanol–water partition coefficient (Wildman–Crippen LogP) is 3.67. The van der Waals surface area contributed by atoms with Crippen molar-refractivity contribution in [3.63, 3.8) is 0 Å². The summed E-state index contributed by atoms with van der Waals surface area (Å²) in [6.45, 7) is 2.40. The standard InChI is InChI=1S/C17H29NO2/c1-12-11-14-5-3-2-4-6-16(14)18(12)15-9-7-13(8-10-15)17(19)20/h12-16H,2-11H2,1H3,(H,19,20). The minimum Gasteiger partial charge on any atom is -0.481 e. The van der Waals surface area contributed by atoms with Gasteiger partial charge in [0.05, 0.1) is 5.92 Å². The number of carboxylic acids is 1. The third kappa shape index (κ3) is 2.74. The highest BCUT2D eigenvalue weighted by Crippen LogP contribution is 2.42. The monoisotopic (exact) mass is 279 g/mol. The predicted molar refractivity (Wildman–Crippen MR) is 79.7 cm³/mol. The molecule has 3 fully saturated rings. The molecule has 1 heterocycles.